The zero-order valence-electron chi connectivity index (χ0n) is 11.3. The number of nitro groups is 1. The van der Waals surface area contributed by atoms with E-state index in [1.54, 1.807) is 6.07 Å². The molecule has 1 aromatic carbocycles. The van der Waals surface area contributed by atoms with Gasteiger partial charge in [0, 0.05) is 6.07 Å². The zero-order chi connectivity index (χ0) is 14.6. The molecule has 0 aliphatic heterocycles. The highest BCUT2D eigenvalue weighted by Crippen LogP contribution is 2.36. The van der Waals surface area contributed by atoms with Gasteiger partial charge < -0.3 is 4.74 Å². The Balaban J connectivity index is 3.50. The topological polar surface area (TPSA) is 76.2 Å². The molecule has 0 amide bonds. The third-order valence-corrected chi connectivity index (χ3v) is 2.60. The van der Waals surface area contributed by atoms with Gasteiger partial charge in [-0.3, -0.25) is 10.1 Å². The molecule has 5 heteroatoms. The van der Waals surface area contributed by atoms with Gasteiger partial charge in [0.05, 0.1) is 4.92 Å². The summed E-state index contributed by atoms with van der Waals surface area (Å²) in [4.78, 5) is 10.6. The van der Waals surface area contributed by atoms with Crippen LogP contribution in [-0.2, 0) is 5.41 Å². The van der Waals surface area contributed by atoms with Crippen molar-refractivity contribution >= 4 is 5.69 Å². The first-order chi connectivity index (χ1) is 8.81. The lowest BCUT2D eigenvalue weighted by Gasteiger charge is -2.20. The molecule has 0 saturated carbocycles. The number of ether oxygens (including phenoxy) is 1. The van der Waals surface area contributed by atoms with Gasteiger partial charge in [0.2, 0.25) is 5.75 Å². The summed E-state index contributed by atoms with van der Waals surface area (Å²) in [5.74, 6) is 0.000370. The van der Waals surface area contributed by atoms with Gasteiger partial charge in [-0.2, -0.15) is 5.26 Å². The molecule has 0 aromatic heterocycles. The average molecular weight is 260 g/mol. The minimum absolute atomic E-state index is 0.000370. The van der Waals surface area contributed by atoms with Crippen LogP contribution in [-0.4, -0.2) is 11.5 Å². The molecule has 5 nitrogen and oxygen atoms in total. The van der Waals surface area contributed by atoms with E-state index in [9.17, 15) is 10.1 Å². The van der Waals surface area contributed by atoms with Crippen molar-refractivity contribution in [1.29, 1.82) is 5.26 Å². The summed E-state index contributed by atoms with van der Waals surface area (Å²) in [5.41, 5.74) is 0.418. The summed E-state index contributed by atoms with van der Waals surface area (Å²) < 4.78 is 5.26. The van der Waals surface area contributed by atoms with Crippen molar-refractivity contribution in [3.8, 4) is 11.8 Å². The lowest BCUT2D eigenvalue weighted by Crippen LogP contribution is -2.13. The van der Waals surface area contributed by atoms with E-state index in [-0.39, 0.29) is 29.0 Å². The second kappa shape index (κ2) is 5.53. The summed E-state index contributed by atoms with van der Waals surface area (Å²) in [6, 6.07) is 5.04. The van der Waals surface area contributed by atoms with Gasteiger partial charge >= 0.3 is 5.69 Å². The number of hydrogen-bond acceptors (Lipinski definition) is 4. The molecule has 0 fully saturated rings. The van der Waals surface area contributed by atoms with Gasteiger partial charge in [0.1, 0.15) is 18.2 Å². The molecule has 0 radical (unpaired) electrons. The second-order valence-electron chi connectivity index (χ2n) is 5.09. The summed E-state index contributed by atoms with van der Waals surface area (Å²) in [6.45, 7) is 9.38. The van der Waals surface area contributed by atoms with Gasteiger partial charge in [0.15, 0.2) is 0 Å². The second-order valence-corrected chi connectivity index (χ2v) is 5.09. The van der Waals surface area contributed by atoms with E-state index in [1.807, 2.05) is 26.8 Å². The van der Waals surface area contributed by atoms with Crippen LogP contribution in [0.1, 0.15) is 31.9 Å². The average Bonchev–Trinajstić information content (AvgIpc) is 2.33. The van der Waals surface area contributed by atoms with E-state index in [1.165, 1.54) is 12.1 Å². The molecule has 100 valence electrons. The van der Waals surface area contributed by atoms with Crippen molar-refractivity contribution < 1.29 is 9.66 Å². The molecule has 0 unspecified atom stereocenters. The number of hydrogen-bond donors (Lipinski definition) is 0. The van der Waals surface area contributed by atoms with Gasteiger partial charge in [-0.05, 0) is 17.0 Å². The summed E-state index contributed by atoms with van der Waals surface area (Å²) in [5, 5.41) is 20.3. The Morgan fingerprint density at radius 3 is 2.58 bits per heavy atom. The Labute approximate surface area is 112 Å². The van der Waals surface area contributed by atoms with Crippen molar-refractivity contribution in [3.63, 3.8) is 0 Å². The summed E-state index contributed by atoms with van der Waals surface area (Å²) in [6.07, 6.45) is 1.47. The number of nitro benzene ring substituents is 1. The summed E-state index contributed by atoms with van der Waals surface area (Å²) >= 11 is 0. The van der Waals surface area contributed by atoms with E-state index < -0.39 is 4.92 Å². The van der Waals surface area contributed by atoms with E-state index in [0.717, 1.165) is 5.56 Å². The third kappa shape index (κ3) is 3.32. The minimum atomic E-state index is -0.533. The smallest absolute Gasteiger partial charge is 0.312 e. The van der Waals surface area contributed by atoms with Crippen LogP contribution in [0.4, 0.5) is 5.69 Å². The van der Waals surface area contributed by atoms with Gasteiger partial charge in [-0.25, -0.2) is 0 Å². The fraction of sp³-hybridized carbons (Fsp3) is 0.357. The van der Waals surface area contributed by atoms with Gasteiger partial charge in [-0.1, -0.05) is 33.4 Å². The molecule has 1 rings (SSSR count). The molecule has 0 bridgehead atoms. The highest BCUT2D eigenvalue weighted by molar-refractivity contribution is 5.59. The van der Waals surface area contributed by atoms with Crippen molar-refractivity contribution in [2.45, 2.75) is 26.2 Å². The zero-order valence-corrected chi connectivity index (χ0v) is 11.3. The molecule has 0 atom stereocenters. The van der Waals surface area contributed by atoms with E-state index >= 15 is 0 Å². The predicted molar refractivity (Wildman–Crippen MR) is 72.2 cm³/mol. The Morgan fingerprint density at radius 2 is 2.16 bits per heavy atom. The molecule has 0 N–H and O–H groups in total. The van der Waals surface area contributed by atoms with Crippen molar-refractivity contribution in [2.75, 3.05) is 6.61 Å². The lowest BCUT2D eigenvalue weighted by molar-refractivity contribution is -0.385. The van der Waals surface area contributed by atoms with Gasteiger partial charge in [-0.15, -0.1) is 0 Å². The number of benzene rings is 1. The fourth-order valence-corrected chi connectivity index (χ4v) is 1.56. The largest absolute Gasteiger partial charge is 0.482 e. The van der Waals surface area contributed by atoms with Crippen molar-refractivity contribution in [2.24, 2.45) is 0 Å². The van der Waals surface area contributed by atoms with E-state index in [0.29, 0.717) is 0 Å². The summed E-state index contributed by atoms with van der Waals surface area (Å²) in [7, 11) is 0. The van der Waals surface area contributed by atoms with Crippen LogP contribution in [0, 0.1) is 21.4 Å². The number of nitrogens with zero attached hydrogens (tertiary/aromatic N) is 2. The standard InChI is InChI=1S/C14H16N2O3/c1-5-6-19-13-10(9-15)7-11(14(2,3)4)8-12(13)16(17)18/h5,7-8H,1,6H2,2-4H3. The fourth-order valence-electron chi connectivity index (χ4n) is 1.56. The van der Waals surface area contributed by atoms with Crippen LogP contribution >= 0.6 is 0 Å². The Hall–Kier alpha value is -2.35. The molecule has 19 heavy (non-hydrogen) atoms. The Bertz CT molecular complexity index is 551. The monoisotopic (exact) mass is 260 g/mol. The van der Waals surface area contributed by atoms with Crippen LogP contribution in [0.15, 0.2) is 24.8 Å². The van der Waals surface area contributed by atoms with Crippen LogP contribution in [0.25, 0.3) is 0 Å². The molecule has 0 spiro atoms. The molecule has 0 aliphatic carbocycles. The van der Waals surface area contributed by atoms with Crippen LogP contribution in [0.3, 0.4) is 0 Å². The van der Waals surface area contributed by atoms with Crippen molar-refractivity contribution in [1.82, 2.24) is 0 Å². The lowest BCUT2D eigenvalue weighted by atomic mass is 9.85. The first kappa shape index (κ1) is 14.7. The SMILES string of the molecule is C=CCOc1c(C#N)cc(C(C)(C)C)cc1[N+](=O)[O-]. The molecule has 0 aliphatic rings. The highest BCUT2D eigenvalue weighted by Gasteiger charge is 2.25. The number of rotatable bonds is 4. The third-order valence-electron chi connectivity index (χ3n) is 2.60. The number of nitriles is 1. The maximum absolute atomic E-state index is 11.1. The Morgan fingerprint density at radius 1 is 1.53 bits per heavy atom. The molecular weight excluding hydrogens is 244 g/mol. The van der Waals surface area contributed by atoms with E-state index in [4.69, 9.17) is 10.00 Å². The Kier molecular flexibility index (Phi) is 4.28. The maximum Gasteiger partial charge on any atom is 0.312 e. The quantitative estimate of drug-likeness (QED) is 0.472. The molecular formula is C14H16N2O3. The first-order valence-corrected chi connectivity index (χ1v) is 5.78. The normalized spacial score (nSPS) is 10.6. The van der Waals surface area contributed by atoms with Crippen LogP contribution < -0.4 is 4.74 Å². The molecule has 0 saturated heterocycles. The van der Waals surface area contributed by atoms with E-state index in [2.05, 4.69) is 6.58 Å². The van der Waals surface area contributed by atoms with Crippen molar-refractivity contribution in [3.05, 3.63) is 46.0 Å². The first-order valence-electron chi connectivity index (χ1n) is 5.78. The minimum Gasteiger partial charge on any atom is -0.482 e. The maximum atomic E-state index is 11.1. The molecule has 0 heterocycles. The van der Waals surface area contributed by atoms with Gasteiger partial charge in [0.25, 0.3) is 0 Å². The predicted octanol–water partition coefficient (Wildman–Crippen LogP) is 3.33. The van der Waals surface area contributed by atoms with Crippen LogP contribution in [0.2, 0.25) is 0 Å². The highest BCUT2D eigenvalue weighted by atomic mass is 16.6. The molecule has 1 aromatic rings. The van der Waals surface area contributed by atoms with Crippen LogP contribution in [0.5, 0.6) is 5.75 Å².